The molecule has 0 aliphatic carbocycles. The molecule has 0 fully saturated rings. The molecule has 1 N–H and O–H groups in total. The predicted octanol–water partition coefficient (Wildman–Crippen LogP) is 4.42. The third-order valence-corrected chi connectivity index (χ3v) is 5.43. The van der Waals surface area contributed by atoms with Crippen molar-refractivity contribution in [3.63, 3.8) is 0 Å². The van der Waals surface area contributed by atoms with Crippen molar-refractivity contribution in [2.75, 3.05) is 18.7 Å². The lowest BCUT2D eigenvalue weighted by atomic mass is 10.2. The molecular formula is C14H16ClN3O2S2. The van der Waals surface area contributed by atoms with Crippen LogP contribution in [0.15, 0.2) is 16.5 Å². The molecule has 0 saturated carbocycles. The zero-order valence-electron chi connectivity index (χ0n) is 12.1. The molecule has 1 aromatic carbocycles. The number of nitrogens with zero attached hydrogens (tertiary/aromatic N) is 2. The van der Waals surface area contributed by atoms with Crippen LogP contribution in [0.4, 0.5) is 5.13 Å². The molecule has 1 aliphatic heterocycles. The molecule has 1 aromatic heterocycles. The molecule has 0 amide bonds. The van der Waals surface area contributed by atoms with Gasteiger partial charge in [0.1, 0.15) is 0 Å². The van der Waals surface area contributed by atoms with E-state index in [9.17, 15) is 0 Å². The van der Waals surface area contributed by atoms with E-state index in [1.165, 1.54) is 0 Å². The number of hydrogen-bond donors (Lipinski definition) is 1. The number of thioether (sulfide) groups is 1. The fraction of sp³-hybridized carbons (Fsp3) is 0.429. The molecule has 3 rings (SSSR count). The van der Waals surface area contributed by atoms with Crippen molar-refractivity contribution in [3.8, 4) is 11.5 Å². The summed E-state index contributed by atoms with van der Waals surface area (Å²) >= 11 is 9.39. The average molecular weight is 358 g/mol. The number of fused-ring (bicyclic) bond motifs is 1. The van der Waals surface area contributed by atoms with Crippen molar-refractivity contribution in [1.29, 1.82) is 0 Å². The van der Waals surface area contributed by atoms with Crippen LogP contribution in [0.25, 0.3) is 0 Å². The number of nitrogens with one attached hydrogen (secondary N) is 1. The molecule has 118 valence electrons. The monoisotopic (exact) mass is 357 g/mol. The van der Waals surface area contributed by atoms with Crippen LogP contribution in [0.3, 0.4) is 0 Å². The first-order chi connectivity index (χ1) is 10.8. The molecule has 0 atom stereocenters. The molecule has 8 heteroatoms. The third kappa shape index (κ3) is 3.77. The number of unbranched alkanes of at least 4 members (excludes halogenated alkanes) is 1. The Bertz CT molecular complexity index is 651. The summed E-state index contributed by atoms with van der Waals surface area (Å²) in [6.45, 7) is 3.34. The van der Waals surface area contributed by atoms with Gasteiger partial charge in [-0.25, -0.2) is 0 Å². The minimum Gasteiger partial charge on any atom is -0.454 e. The number of benzene rings is 1. The zero-order valence-corrected chi connectivity index (χ0v) is 14.5. The van der Waals surface area contributed by atoms with Gasteiger partial charge < -0.3 is 14.8 Å². The van der Waals surface area contributed by atoms with Gasteiger partial charge in [-0.3, -0.25) is 0 Å². The second-order valence-electron chi connectivity index (χ2n) is 4.75. The lowest BCUT2D eigenvalue weighted by Gasteiger charge is -2.03. The van der Waals surface area contributed by atoms with Crippen LogP contribution >= 0.6 is 34.7 Å². The molecular weight excluding hydrogens is 342 g/mol. The normalized spacial score (nSPS) is 12.6. The highest BCUT2D eigenvalue weighted by Gasteiger charge is 2.18. The quantitative estimate of drug-likeness (QED) is 0.584. The highest BCUT2D eigenvalue weighted by atomic mass is 35.5. The Morgan fingerprint density at radius 3 is 3.14 bits per heavy atom. The van der Waals surface area contributed by atoms with Gasteiger partial charge in [0.2, 0.25) is 11.9 Å². The summed E-state index contributed by atoms with van der Waals surface area (Å²) in [5.41, 5.74) is 1.08. The number of rotatable bonds is 7. The molecule has 0 saturated heterocycles. The van der Waals surface area contributed by atoms with E-state index in [0.29, 0.717) is 16.5 Å². The summed E-state index contributed by atoms with van der Waals surface area (Å²) in [5.74, 6) is 2.11. The molecule has 2 heterocycles. The summed E-state index contributed by atoms with van der Waals surface area (Å²) < 4.78 is 11.6. The Balaban J connectivity index is 1.57. The number of halogens is 1. The van der Waals surface area contributed by atoms with Gasteiger partial charge in [0.25, 0.3) is 0 Å². The Hall–Kier alpha value is -1.18. The van der Waals surface area contributed by atoms with Crippen LogP contribution in [0.5, 0.6) is 11.5 Å². The smallest absolute Gasteiger partial charge is 0.231 e. The lowest BCUT2D eigenvalue weighted by Crippen LogP contribution is -1.99. The van der Waals surface area contributed by atoms with E-state index in [1.807, 2.05) is 12.1 Å². The number of hydrogen-bond acceptors (Lipinski definition) is 7. The van der Waals surface area contributed by atoms with E-state index in [2.05, 4.69) is 22.4 Å². The lowest BCUT2D eigenvalue weighted by molar-refractivity contribution is 0.174. The van der Waals surface area contributed by atoms with Crippen molar-refractivity contribution in [2.45, 2.75) is 29.9 Å². The molecule has 2 aromatic rings. The maximum absolute atomic E-state index is 6.18. The zero-order chi connectivity index (χ0) is 15.4. The van der Waals surface area contributed by atoms with Crippen molar-refractivity contribution in [3.05, 3.63) is 22.7 Å². The van der Waals surface area contributed by atoms with Gasteiger partial charge in [-0.05, 0) is 24.1 Å². The van der Waals surface area contributed by atoms with Crippen molar-refractivity contribution < 1.29 is 9.47 Å². The average Bonchev–Trinajstić information content (AvgIpc) is 3.14. The van der Waals surface area contributed by atoms with E-state index >= 15 is 0 Å². The summed E-state index contributed by atoms with van der Waals surface area (Å²) in [5, 5.41) is 13.1. The first kappa shape index (κ1) is 15.7. The Morgan fingerprint density at radius 2 is 2.27 bits per heavy atom. The highest BCUT2D eigenvalue weighted by Crippen LogP contribution is 2.41. The predicted molar refractivity (Wildman–Crippen MR) is 90.4 cm³/mol. The van der Waals surface area contributed by atoms with Crippen molar-refractivity contribution in [2.24, 2.45) is 0 Å². The summed E-state index contributed by atoms with van der Waals surface area (Å²) in [6.07, 6.45) is 2.30. The standard InChI is InChI=1S/C14H16ClN3O2S2/c1-2-3-4-16-13-17-18-14(22-13)21-7-9-5-10(15)12-11(6-9)19-8-20-12/h5-6H,2-4,7-8H2,1H3,(H,16,17). The van der Waals surface area contributed by atoms with Gasteiger partial charge in [0.15, 0.2) is 15.8 Å². The maximum Gasteiger partial charge on any atom is 0.231 e. The van der Waals surface area contributed by atoms with Gasteiger partial charge in [0.05, 0.1) is 5.02 Å². The summed E-state index contributed by atoms with van der Waals surface area (Å²) in [4.78, 5) is 0. The van der Waals surface area contributed by atoms with Gasteiger partial charge in [-0.1, -0.05) is 48.0 Å². The number of anilines is 1. The Kier molecular flexibility index (Phi) is 5.28. The largest absolute Gasteiger partial charge is 0.454 e. The van der Waals surface area contributed by atoms with Gasteiger partial charge in [0, 0.05) is 12.3 Å². The second kappa shape index (κ2) is 7.39. The van der Waals surface area contributed by atoms with Crippen LogP contribution in [-0.4, -0.2) is 23.5 Å². The van der Waals surface area contributed by atoms with E-state index < -0.39 is 0 Å². The van der Waals surface area contributed by atoms with Crippen LogP contribution < -0.4 is 14.8 Å². The Morgan fingerprint density at radius 1 is 1.36 bits per heavy atom. The molecule has 0 radical (unpaired) electrons. The van der Waals surface area contributed by atoms with E-state index in [0.717, 1.165) is 40.2 Å². The fourth-order valence-electron chi connectivity index (χ4n) is 1.96. The number of ether oxygens (including phenoxy) is 2. The SMILES string of the molecule is CCCCNc1nnc(SCc2cc(Cl)c3c(c2)OCO3)s1. The summed E-state index contributed by atoms with van der Waals surface area (Å²) in [6, 6.07) is 3.87. The van der Waals surface area contributed by atoms with E-state index in [-0.39, 0.29) is 6.79 Å². The van der Waals surface area contributed by atoms with Crippen LogP contribution in [0.2, 0.25) is 5.02 Å². The Labute approximate surface area is 142 Å². The molecule has 0 unspecified atom stereocenters. The fourth-order valence-corrected chi connectivity index (χ4v) is 3.96. The van der Waals surface area contributed by atoms with Crippen LogP contribution in [0, 0.1) is 0 Å². The summed E-state index contributed by atoms with van der Waals surface area (Å²) in [7, 11) is 0. The minimum absolute atomic E-state index is 0.231. The van der Waals surface area contributed by atoms with E-state index in [4.69, 9.17) is 21.1 Å². The van der Waals surface area contributed by atoms with Gasteiger partial charge >= 0.3 is 0 Å². The molecule has 0 bridgehead atoms. The van der Waals surface area contributed by atoms with Crippen molar-refractivity contribution >= 4 is 39.8 Å². The topological polar surface area (TPSA) is 56.3 Å². The van der Waals surface area contributed by atoms with Crippen molar-refractivity contribution in [1.82, 2.24) is 10.2 Å². The minimum atomic E-state index is 0.231. The third-order valence-electron chi connectivity index (χ3n) is 3.06. The van der Waals surface area contributed by atoms with E-state index in [1.54, 1.807) is 23.1 Å². The van der Waals surface area contributed by atoms with Gasteiger partial charge in [-0.2, -0.15) is 0 Å². The van der Waals surface area contributed by atoms with Crippen LogP contribution in [0.1, 0.15) is 25.3 Å². The molecule has 1 aliphatic rings. The maximum atomic E-state index is 6.18. The van der Waals surface area contributed by atoms with Crippen LogP contribution in [-0.2, 0) is 5.75 Å². The second-order valence-corrected chi connectivity index (χ2v) is 7.36. The first-order valence-corrected chi connectivity index (χ1v) is 9.22. The highest BCUT2D eigenvalue weighted by molar-refractivity contribution is 8.00. The molecule has 22 heavy (non-hydrogen) atoms. The number of aromatic nitrogens is 2. The molecule has 5 nitrogen and oxygen atoms in total. The van der Waals surface area contributed by atoms with Gasteiger partial charge in [-0.15, -0.1) is 10.2 Å². The first-order valence-electron chi connectivity index (χ1n) is 7.04. The molecule has 0 spiro atoms.